The van der Waals surface area contributed by atoms with Crippen molar-refractivity contribution in [2.45, 2.75) is 26.9 Å². The highest BCUT2D eigenvalue weighted by molar-refractivity contribution is 5.94. The van der Waals surface area contributed by atoms with E-state index in [1.54, 1.807) is 6.92 Å². The molecular formula is C19H20FNO5. The molecule has 2 rings (SSSR count). The Hall–Kier alpha value is -3.09. The third-order valence-electron chi connectivity index (χ3n) is 3.57. The summed E-state index contributed by atoms with van der Waals surface area (Å²) in [7, 11) is 0. The van der Waals surface area contributed by atoms with Gasteiger partial charge in [-0.05, 0) is 50.1 Å². The summed E-state index contributed by atoms with van der Waals surface area (Å²) in [5, 5.41) is 11.1. The van der Waals surface area contributed by atoms with Crippen molar-refractivity contribution in [3.63, 3.8) is 0 Å². The average molecular weight is 361 g/mol. The standard InChI is InChI=1S/C19H20FNO5/c1-11-4-5-12(2)17(8-11)26-13(3)19(24)21-14-6-7-16(15(20)9-14)25-10-18(22)23/h4-9,13H,10H2,1-3H3,(H,21,24)(H,22,23). The number of rotatable bonds is 7. The van der Waals surface area contributed by atoms with E-state index in [0.717, 1.165) is 17.2 Å². The minimum Gasteiger partial charge on any atom is -0.481 e. The number of hydrogen-bond donors (Lipinski definition) is 2. The first-order chi connectivity index (χ1) is 12.3. The summed E-state index contributed by atoms with van der Waals surface area (Å²) in [4.78, 5) is 22.7. The first kappa shape index (κ1) is 19.2. The summed E-state index contributed by atoms with van der Waals surface area (Å²) in [6.45, 7) is 4.75. The zero-order valence-corrected chi connectivity index (χ0v) is 14.7. The zero-order chi connectivity index (χ0) is 19.3. The number of halogens is 1. The lowest BCUT2D eigenvalue weighted by atomic mass is 10.1. The van der Waals surface area contributed by atoms with Crippen LogP contribution in [0.4, 0.5) is 10.1 Å². The Morgan fingerprint density at radius 3 is 2.54 bits per heavy atom. The molecule has 0 saturated heterocycles. The first-order valence-corrected chi connectivity index (χ1v) is 7.95. The molecule has 0 aliphatic carbocycles. The van der Waals surface area contributed by atoms with Crippen LogP contribution in [0.2, 0.25) is 0 Å². The van der Waals surface area contributed by atoms with Gasteiger partial charge < -0.3 is 19.9 Å². The van der Waals surface area contributed by atoms with Gasteiger partial charge >= 0.3 is 5.97 Å². The molecule has 6 nitrogen and oxygen atoms in total. The van der Waals surface area contributed by atoms with Gasteiger partial charge in [0.25, 0.3) is 5.91 Å². The van der Waals surface area contributed by atoms with E-state index >= 15 is 0 Å². The maximum absolute atomic E-state index is 13.9. The number of aryl methyl sites for hydroxylation is 2. The van der Waals surface area contributed by atoms with E-state index in [4.69, 9.17) is 14.6 Å². The van der Waals surface area contributed by atoms with E-state index in [1.807, 2.05) is 32.0 Å². The van der Waals surface area contributed by atoms with Crippen molar-refractivity contribution in [1.82, 2.24) is 0 Å². The van der Waals surface area contributed by atoms with E-state index in [2.05, 4.69) is 5.32 Å². The van der Waals surface area contributed by atoms with Gasteiger partial charge in [0, 0.05) is 11.8 Å². The molecule has 2 aromatic carbocycles. The lowest BCUT2D eigenvalue weighted by molar-refractivity contribution is -0.139. The molecule has 0 aromatic heterocycles. The van der Waals surface area contributed by atoms with E-state index in [9.17, 15) is 14.0 Å². The monoisotopic (exact) mass is 361 g/mol. The van der Waals surface area contributed by atoms with Crippen LogP contribution in [0.15, 0.2) is 36.4 Å². The zero-order valence-electron chi connectivity index (χ0n) is 14.7. The second-order valence-electron chi connectivity index (χ2n) is 5.85. The minimum absolute atomic E-state index is 0.204. The summed E-state index contributed by atoms with van der Waals surface area (Å²) in [6, 6.07) is 9.42. The second-order valence-corrected chi connectivity index (χ2v) is 5.85. The fourth-order valence-corrected chi connectivity index (χ4v) is 2.16. The van der Waals surface area contributed by atoms with Gasteiger partial charge in [0.05, 0.1) is 0 Å². The van der Waals surface area contributed by atoms with Crippen LogP contribution in [0.1, 0.15) is 18.1 Å². The molecular weight excluding hydrogens is 341 g/mol. The summed E-state index contributed by atoms with van der Waals surface area (Å²) < 4.78 is 24.4. The third-order valence-corrected chi connectivity index (χ3v) is 3.57. The van der Waals surface area contributed by atoms with Crippen molar-refractivity contribution in [3.8, 4) is 11.5 Å². The van der Waals surface area contributed by atoms with Crippen LogP contribution in [-0.4, -0.2) is 29.7 Å². The molecule has 0 bridgehead atoms. The number of nitrogens with one attached hydrogen (secondary N) is 1. The number of ether oxygens (including phenoxy) is 2. The van der Waals surface area contributed by atoms with Crippen molar-refractivity contribution >= 4 is 17.6 Å². The lowest BCUT2D eigenvalue weighted by Crippen LogP contribution is -2.30. The quantitative estimate of drug-likeness (QED) is 0.790. The van der Waals surface area contributed by atoms with Crippen LogP contribution >= 0.6 is 0 Å². The van der Waals surface area contributed by atoms with Gasteiger partial charge in [0.15, 0.2) is 24.3 Å². The molecule has 1 atom stereocenters. The Balaban J connectivity index is 2.01. The maximum Gasteiger partial charge on any atom is 0.341 e. The molecule has 0 fully saturated rings. The van der Waals surface area contributed by atoms with Gasteiger partial charge in [-0.3, -0.25) is 4.79 Å². The highest BCUT2D eigenvalue weighted by Crippen LogP contribution is 2.23. The number of benzene rings is 2. The Kier molecular flexibility index (Phi) is 6.16. The molecule has 138 valence electrons. The summed E-state index contributed by atoms with van der Waals surface area (Å²) in [5.74, 6) is -2.02. The van der Waals surface area contributed by atoms with Gasteiger partial charge in [0.1, 0.15) is 5.75 Å². The van der Waals surface area contributed by atoms with Crippen LogP contribution in [-0.2, 0) is 9.59 Å². The predicted octanol–water partition coefficient (Wildman–Crippen LogP) is 3.31. The normalized spacial score (nSPS) is 11.5. The van der Waals surface area contributed by atoms with Crippen LogP contribution in [0.25, 0.3) is 0 Å². The van der Waals surface area contributed by atoms with E-state index in [1.165, 1.54) is 12.1 Å². The van der Waals surface area contributed by atoms with Gasteiger partial charge in [-0.25, -0.2) is 9.18 Å². The third kappa shape index (κ3) is 5.20. The van der Waals surface area contributed by atoms with Crippen LogP contribution < -0.4 is 14.8 Å². The van der Waals surface area contributed by atoms with E-state index in [0.29, 0.717) is 5.75 Å². The number of aliphatic carboxylic acids is 1. The molecule has 7 heteroatoms. The maximum atomic E-state index is 13.9. The largest absolute Gasteiger partial charge is 0.481 e. The number of carbonyl (C=O) groups excluding carboxylic acids is 1. The second kappa shape index (κ2) is 8.33. The van der Waals surface area contributed by atoms with E-state index in [-0.39, 0.29) is 11.4 Å². The van der Waals surface area contributed by atoms with Gasteiger partial charge in [-0.15, -0.1) is 0 Å². The number of carbonyl (C=O) groups is 2. The lowest BCUT2D eigenvalue weighted by Gasteiger charge is -2.17. The summed E-state index contributed by atoms with van der Waals surface area (Å²) in [5.41, 5.74) is 2.13. The molecule has 0 aliphatic rings. The fraction of sp³-hybridized carbons (Fsp3) is 0.263. The first-order valence-electron chi connectivity index (χ1n) is 7.95. The van der Waals surface area contributed by atoms with Crippen molar-refractivity contribution in [1.29, 1.82) is 0 Å². The molecule has 2 aromatic rings. The molecule has 0 heterocycles. The SMILES string of the molecule is Cc1ccc(C)c(OC(C)C(=O)Nc2ccc(OCC(=O)O)c(F)c2)c1. The number of hydrogen-bond acceptors (Lipinski definition) is 4. The van der Waals surface area contributed by atoms with Crippen LogP contribution in [0.5, 0.6) is 11.5 Å². The number of anilines is 1. The molecule has 2 N–H and O–H groups in total. The van der Waals surface area contributed by atoms with Crippen molar-refractivity contribution in [2.75, 3.05) is 11.9 Å². The number of carboxylic acid groups (broad SMARTS) is 1. The average Bonchev–Trinajstić information content (AvgIpc) is 2.57. The Morgan fingerprint density at radius 1 is 1.15 bits per heavy atom. The number of amides is 1. The van der Waals surface area contributed by atoms with Gasteiger partial charge in [-0.1, -0.05) is 12.1 Å². The highest BCUT2D eigenvalue weighted by Gasteiger charge is 2.17. The molecule has 1 unspecified atom stereocenters. The van der Waals surface area contributed by atoms with Crippen molar-refractivity contribution in [3.05, 3.63) is 53.3 Å². The number of carboxylic acids is 1. The highest BCUT2D eigenvalue weighted by atomic mass is 19.1. The Morgan fingerprint density at radius 2 is 1.88 bits per heavy atom. The van der Waals surface area contributed by atoms with Crippen LogP contribution in [0.3, 0.4) is 0 Å². The molecule has 0 aliphatic heterocycles. The Bertz CT molecular complexity index is 822. The predicted molar refractivity (Wildman–Crippen MR) is 94.2 cm³/mol. The minimum atomic E-state index is -1.21. The summed E-state index contributed by atoms with van der Waals surface area (Å²) in [6.07, 6.45) is -0.790. The van der Waals surface area contributed by atoms with Crippen molar-refractivity contribution < 1.29 is 28.6 Å². The topological polar surface area (TPSA) is 84.9 Å². The summed E-state index contributed by atoms with van der Waals surface area (Å²) >= 11 is 0. The Labute approximate surface area is 150 Å². The smallest absolute Gasteiger partial charge is 0.341 e. The molecule has 0 spiro atoms. The van der Waals surface area contributed by atoms with Gasteiger partial charge in [0.2, 0.25) is 0 Å². The molecule has 0 radical (unpaired) electrons. The fourth-order valence-electron chi connectivity index (χ4n) is 2.16. The van der Waals surface area contributed by atoms with Gasteiger partial charge in [-0.2, -0.15) is 0 Å². The molecule has 0 saturated carbocycles. The van der Waals surface area contributed by atoms with Crippen LogP contribution in [0, 0.1) is 19.7 Å². The molecule has 1 amide bonds. The van der Waals surface area contributed by atoms with Crippen molar-refractivity contribution in [2.24, 2.45) is 0 Å². The molecule has 26 heavy (non-hydrogen) atoms. The van der Waals surface area contributed by atoms with E-state index < -0.39 is 30.4 Å².